The van der Waals surface area contributed by atoms with Crippen LogP contribution in [0.5, 0.6) is 5.75 Å². The number of halogens is 1. The summed E-state index contributed by atoms with van der Waals surface area (Å²) in [6, 6.07) is 18.1. The largest absolute Gasteiger partial charge is 0.497 e. The van der Waals surface area contributed by atoms with Gasteiger partial charge in [-0.3, -0.25) is 0 Å². The third kappa shape index (κ3) is 6.58. The van der Waals surface area contributed by atoms with Gasteiger partial charge in [0.25, 0.3) is 0 Å². The molecule has 4 aromatic rings. The number of fused-ring (bicyclic) bond motifs is 1. The van der Waals surface area contributed by atoms with Gasteiger partial charge in [0.15, 0.2) is 0 Å². The number of furan rings is 1. The van der Waals surface area contributed by atoms with E-state index < -0.39 is 5.60 Å². The van der Waals surface area contributed by atoms with Crippen molar-refractivity contribution in [2.45, 2.75) is 57.3 Å². The molecule has 9 heteroatoms. The van der Waals surface area contributed by atoms with E-state index in [0.717, 1.165) is 69.5 Å². The summed E-state index contributed by atoms with van der Waals surface area (Å²) >= 11 is 2.22. The van der Waals surface area contributed by atoms with Crippen molar-refractivity contribution in [2.24, 2.45) is 0 Å². The Morgan fingerprint density at radius 1 is 1.07 bits per heavy atom. The lowest BCUT2D eigenvalue weighted by molar-refractivity contribution is -0.162. The van der Waals surface area contributed by atoms with Gasteiger partial charge in [0.1, 0.15) is 35.9 Å². The standard InChI is InChI=1S/C31H34IN3O5/c1-31(2,18-32)40-25(36)17-38-24-11-7-10-22(16-24)35-29-27-26(20-12-14-23(37-3)15-13-20)28(21-8-5-4-6-9-21)39-30(27)34-19-33-29/h4-6,8-9,12-15,19,22,24H,7,10-11,16-18H2,1-3H3,(H,33,34,35)/t22-,24-/m0/s1. The Hall–Kier alpha value is -3.18. The molecule has 0 unspecified atom stereocenters. The highest BCUT2D eigenvalue weighted by Crippen LogP contribution is 2.43. The smallest absolute Gasteiger partial charge is 0.332 e. The third-order valence-electron chi connectivity index (χ3n) is 7.02. The van der Waals surface area contributed by atoms with Gasteiger partial charge in [-0.2, -0.15) is 0 Å². The number of anilines is 1. The zero-order chi connectivity index (χ0) is 28.1. The number of methoxy groups -OCH3 is 1. The first-order valence-electron chi connectivity index (χ1n) is 13.5. The first kappa shape index (κ1) is 28.4. The number of alkyl halides is 1. The van der Waals surface area contributed by atoms with Crippen molar-refractivity contribution in [2.75, 3.05) is 23.5 Å². The Morgan fingerprint density at radius 3 is 2.58 bits per heavy atom. The second-order valence-corrected chi connectivity index (χ2v) is 11.4. The van der Waals surface area contributed by atoms with Crippen LogP contribution < -0.4 is 10.1 Å². The number of rotatable bonds is 10. The van der Waals surface area contributed by atoms with Crippen LogP contribution in [0.1, 0.15) is 39.5 Å². The van der Waals surface area contributed by atoms with Crippen LogP contribution in [-0.4, -0.2) is 51.8 Å². The number of hydrogen-bond donors (Lipinski definition) is 1. The number of benzene rings is 2. The van der Waals surface area contributed by atoms with Crippen LogP contribution in [0.15, 0.2) is 65.3 Å². The number of carbonyl (C=O) groups is 1. The van der Waals surface area contributed by atoms with Gasteiger partial charge in [0.2, 0.25) is 5.71 Å². The molecule has 0 saturated heterocycles. The maximum absolute atomic E-state index is 12.3. The number of esters is 1. The van der Waals surface area contributed by atoms with Crippen LogP contribution in [0.25, 0.3) is 33.6 Å². The van der Waals surface area contributed by atoms with Gasteiger partial charge in [-0.05, 0) is 57.2 Å². The molecular weight excluding hydrogens is 621 g/mol. The van der Waals surface area contributed by atoms with Crippen molar-refractivity contribution < 1.29 is 23.4 Å². The Morgan fingerprint density at radius 2 is 1.85 bits per heavy atom. The maximum atomic E-state index is 12.3. The van der Waals surface area contributed by atoms with E-state index in [4.69, 9.17) is 18.6 Å². The van der Waals surface area contributed by atoms with Gasteiger partial charge >= 0.3 is 5.97 Å². The fourth-order valence-electron chi connectivity index (χ4n) is 5.04. The summed E-state index contributed by atoms with van der Waals surface area (Å²) in [4.78, 5) is 21.4. The highest BCUT2D eigenvalue weighted by atomic mass is 127. The average Bonchev–Trinajstić information content (AvgIpc) is 3.37. The topological polar surface area (TPSA) is 95.7 Å². The lowest BCUT2D eigenvalue weighted by Crippen LogP contribution is -2.35. The minimum atomic E-state index is -0.499. The molecule has 2 aromatic carbocycles. The predicted molar refractivity (Wildman–Crippen MR) is 164 cm³/mol. The van der Waals surface area contributed by atoms with Gasteiger partial charge in [-0.25, -0.2) is 14.8 Å². The van der Waals surface area contributed by atoms with Crippen LogP contribution >= 0.6 is 22.6 Å². The third-order valence-corrected chi connectivity index (χ3v) is 8.86. The molecule has 0 spiro atoms. The Balaban J connectivity index is 1.41. The fraction of sp³-hybridized carbons (Fsp3) is 0.387. The first-order valence-corrected chi connectivity index (χ1v) is 15.0. The second-order valence-electron chi connectivity index (χ2n) is 10.6. The van der Waals surface area contributed by atoms with Crippen LogP contribution in [0.2, 0.25) is 0 Å². The molecule has 2 heterocycles. The number of carbonyl (C=O) groups excluding carboxylic acids is 1. The molecule has 1 fully saturated rings. The van der Waals surface area contributed by atoms with E-state index in [0.29, 0.717) is 5.71 Å². The minimum Gasteiger partial charge on any atom is -0.497 e. The van der Waals surface area contributed by atoms with Crippen molar-refractivity contribution in [3.8, 4) is 28.2 Å². The molecular formula is C31H34IN3O5. The van der Waals surface area contributed by atoms with Crippen LogP contribution in [-0.2, 0) is 14.3 Å². The van der Waals surface area contributed by atoms with Crippen molar-refractivity contribution in [3.05, 3.63) is 60.9 Å². The summed E-state index contributed by atoms with van der Waals surface area (Å²) in [7, 11) is 1.66. The maximum Gasteiger partial charge on any atom is 0.332 e. The average molecular weight is 656 g/mol. The van der Waals surface area contributed by atoms with Crippen molar-refractivity contribution in [3.63, 3.8) is 0 Å². The zero-order valence-electron chi connectivity index (χ0n) is 23.0. The van der Waals surface area contributed by atoms with Crippen molar-refractivity contribution in [1.29, 1.82) is 0 Å². The molecule has 1 aliphatic rings. The predicted octanol–water partition coefficient (Wildman–Crippen LogP) is 7.06. The van der Waals surface area contributed by atoms with Crippen molar-refractivity contribution in [1.82, 2.24) is 9.97 Å². The molecule has 5 rings (SSSR count). The zero-order valence-corrected chi connectivity index (χ0v) is 25.1. The monoisotopic (exact) mass is 655 g/mol. The quantitative estimate of drug-likeness (QED) is 0.110. The van der Waals surface area contributed by atoms with E-state index in [2.05, 4.69) is 37.9 Å². The molecule has 0 radical (unpaired) electrons. The van der Waals surface area contributed by atoms with E-state index in [1.54, 1.807) is 7.11 Å². The summed E-state index contributed by atoms with van der Waals surface area (Å²) in [5.41, 5.74) is 2.89. The molecule has 0 bridgehead atoms. The van der Waals surface area contributed by atoms with Gasteiger partial charge in [-0.15, -0.1) is 0 Å². The lowest BCUT2D eigenvalue weighted by Gasteiger charge is -2.30. The van der Waals surface area contributed by atoms with E-state index in [1.807, 2.05) is 68.4 Å². The highest BCUT2D eigenvalue weighted by molar-refractivity contribution is 14.1. The van der Waals surface area contributed by atoms with Gasteiger partial charge in [-0.1, -0.05) is 65.1 Å². The van der Waals surface area contributed by atoms with Crippen molar-refractivity contribution >= 4 is 45.5 Å². The van der Waals surface area contributed by atoms with Gasteiger partial charge in [0, 0.05) is 21.6 Å². The summed E-state index contributed by atoms with van der Waals surface area (Å²) < 4.78 is 24.0. The molecule has 8 nitrogen and oxygen atoms in total. The van der Waals surface area contributed by atoms with Gasteiger partial charge < -0.3 is 23.9 Å². The summed E-state index contributed by atoms with van der Waals surface area (Å²) in [5.74, 6) is 1.91. The van der Waals surface area contributed by atoms with Crippen LogP contribution in [0, 0.1) is 0 Å². The number of ether oxygens (including phenoxy) is 3. The van der Waals surface area contributed by atoms with Crippen LogP contribution in [0.4, 0.5) is 5.82 Å². The van der Waals surface area contributed by atoms with E-state index >= 15 is 0 Å². The SMILES string of the molecule is COc1ccc(-c2c(-c3ccccc3)oc3ncnc(N[C@H]4CCC[C@H](OCC(=O)OC(C)(C)CI)C4)c23)cc1. The normalized spacial score (nSPS) is 17.5. The molecule has 210 valence electrons. The molecule has 1 saturated carbocycles. The molecule has 0 amide bonds. The first-order chi connectivity index (χ1) is 19.4. The minimum absolute atomic E-state index is 0.0378. The molecule has 2 aromatic heterocycles. The summed E-state index contributed by atoms with van der Waals surface area (Å²) in [6.45, 7) is 3.76. The number of nitrogens with one attached hydrogen (secondary N) is 1. The van der Waals surface area contributed by atoms with E-state index in [1.165, 1.54) is 6.33 Å². The molecule has 0 aliphatic heterocycles. The Kier molecular flexibility index (Phi) is 8.90. The molecule has 40 heavy (non-hydrogen) atoms. The fourth-order valence-corrected chi connectivity index (χ4v) is 5.20. The Bertz CT molecular complexity index is 1440. The van der Waals surface area contributed by atoms with Gasteiger partial charge in [0.05, 0.1) is 18.6 Å². The molecule has 1 N–H and O–H groups in total. The molecule has 1 aliphatic carbocycles. The number of nitrogens with zero attached hydrogens (tertiary/aromatic N) is 2. The number of hydrogen-bond acceptors (Lipinski definition) is 8. The Labute approximate surface area is 248 Å². The summed E-state index contributed by atoms with van der Waals surface area (Å²) in [5, 5.41) is 4.49. The highest BCUT2D eigenvalue weighted by Gasteiger charge is 2.28. The van der Waals surface area contributed by atoms with E-state index in [9.17, 15) is 4.79 Å². The molecule has 2 atom stereocenters. The lowest BCUT2D eigenvalue weighted by atomic mass is 9.92. The second kappa shape index (κ2) is 12.6. The number of aromatic nitrogens is 2. The summed E-state index contributed by atoms with van der Waals surface area (Å²) in [6.07, 6.45) is 5.11. The van der Waals surface area contributed by atoms with E-state index in [-0.39, 0.29) is 24.7 Å². The van der Waals surface area contributed by atoms with Crippen LogP contribution in [0.3, 0.4) is 0 Å².